The zero-order valence-corrected chi connectivity index (χ0v) is 28.9. The van der Waals surface area contributed by atoms with Gasteiger partial charge in [0.1, 0.15) is 0 Å². The normalized spacial score (nSPS) is 16.2. The average molecular weight is 709 g/mol. The SMILES string of the molecule is COCCn1ncc(-c2ccc(-c3cnc(C(=O)Nc4ccc(C(=O)N5CCN(C(=O)C[C@@H]6CCNC6)CC5)c(Cl)c4)n3C)c(F)c2F)c1C. The Balaban J connectivity index is 1.10. The molecule has 2 aliphatic heterocycles. The van der Waals surface area contributed by atoms with Crippen molar-refractivity contribution >= 4 is 35.0 Å². The van der Waals surface area contributed by atoms with Gasteiger partial charge >= 0.3 is 0 Å². The van der Waals surface area contributed by atoms with E-state index < -0.39 is 17.5 Å². The minimum atomic E-state index is -1.08. The van der Waals surface area contributed by atoms with Crippen molar-refractivity contribution in [3.05, 3.63) is 76.5 Å². The van der Waals surface area contributed by atoms with Gasteiger partial charge in [-0.05, 0) is 56.6 Å². The van der Waals surface area contributed by atoms with Gasteiger partial charge in [0, 0.05) is 74.8 Å². The van der Waals surface area contributed by atoms with Gasteiger partial charge in [-0.2, -0.15) is 5.10 Å². The van der Waals surface area contributed by atoms with E-state index in [1.807, 2.05) is 4.90 Å². The number of hydrogen-bond acceptors (Lipinski definition) is 7. The van der Waals surface area contributed by atoms with Crippen LogP contribution in [-0.4, -0.2) is 99.8 Å². The summed E-state index contributed by atoms with van der Waals surface area (Å²) in [7, 11) is 3.10. The Bertz CT molecular complexity index is 1910. The Morgan fingerprint density at radius 1 is 1.02 bits per heavy atom. The van der Waals surface area contributed by atoms with E-state index in [4.69, 9.17) is 16.3 Å². The fraction of sp³-hybridized carbons (Fsp3) is 0.400. The maximum atomic E-state index is 15.5. The Kier molecular flexibility index (Phi) is 10.6. The van der Waals surface area contributed by atoms with Crippen molar-refractivity contribution < 1.29 is 27.9 Å². The molecule has 0 unspecified atom stereocenters. The number of methoxy groups -OCH3 is 1. The Morgan fingerprint density at radius 2 is 1.74 bits per heavy atom. The number of carbonyl (C=O) groups excluding carboxylic acids is 3. The first kappa shape index (κ1) is 35.2. The molecule has 12 nitrogen and oxygen atoms in total. The third-order valence-electron chi connectivity index (χ3n) is 9.45. The molecule has 264 valence electrons. The van der Waals surface area contributed by atoms with Crippen molar-refractivity contribution in [3.63, 3.8) is 0 Å². The van der Waals surface area contributed by atoms with Crippen LogP contribution in [0.1, 0.15) is 39.5 Å². The molecule has 0 aliphatic carbocycles. The Morgan fingerprint density at radius 3 is 2.44 bits per heavy atom. The van der Waals surface area contributed by atoms with Crippen molar-refractivity contribution in [2.45, 2.75) is 26.3 Å². The maximum Gasteiger partial charge on any atom is 0.291 e. The Labute approximate surface area is 293 Å². The topological polar surface area (TPSA) is 127 Å². The number of imidazole rings is 1. The lowest BCUT2D eigenvalue weighted by atomic mass is 10.0. The van der Waals surface area contributed by atoms with Gasteiger partial charge in [0.2, 0.25) is 5.91 Å². The number of anilines is 1. The number of ether oxygens (including phenoxy) is 1. The van der Waals surface area contributed by atoms with E-state index in [0.717, 1.165) is 19.5 Å². The standard InChI is InChI=1S/C35H39ClF2N8O4/c1-21-27(19-41-46(21)14-15-50-3)24-6-7-26(32(38)31(24)37)29-20-40-33(43(29)2)34(48)42-23-4-5-25(28(36)17-23)35(49)45-12-10-44(11-13-45)30(47)16-22-8-9-39-18-22/h4-7,17,19-20,22,39H,8-16,18H2,1-3H3,(H,42,48)/t22-/m0/s1. The number of amides is 3. The number of piperazine rings is 1. The van der Waals surface area contributed by atoms with Crippen LogP contribution in [0, 0.1) is 24.5 Å². The molecule has 2 fully saturated rings. The summed E-state index contributed by atoms with van der Waals surface area (Å²) in [6.07, 6.45) is 4.31. The molecule has 15 heteroatoms. The van der Waals surface area contributed by atoms with Crippen molar-refractivity contribution in [3.8, 4) is 22.4 Å². The molecule has 0 saturated carbocycles. The molecule has 4 aromatic rings. The van der Waals surface area contributed by atoms with Crippen LogP contribution in [-0.2, 0) is 23.1 Å². The summed E-state index contributed by atoms with van der Waals surface area (Å²) in [5.41, 5.74) is 1.93. The van der Waals surface area contributed by atoms with Crippen LogP contribution in [0.15, 0.2) is 42.7 Å². The number of hydrogen-bond donors (Lipinski definition) is 2. The molecule has 2 N–H and O–H groups in total. The number of carbonyl (C=O) groups is 3. The molecular formula is C35H39ClF2N8O4. The minimum absolute atomic E-state index is 0.0490. The van der Waals surface area contributed by atoms with E-state index in [-0.39, 0.29) is 45.0 Å². The monoisotopic (exact) mass is 708 g/mol. The smallest absolute Gasteiger partial charge is 0.291 e. The molecule has 50 heavy (non-hydrogen) atoms. The number of rotatable bonds is 10. The average Bonchev–Trinajstić information content (AvgIpc) is 3.85. The summed E-state index contributed by atoms with van der Waals surface area (Å²) in [6, 6.07) is 7.49. The largest absolute Gasteiger partial charge is 0.383 e. The first-order valence-electron chi connectivity index (χ1n) is 16.5. The van der Waals surface area contributed by atoms with Crippen LogP contribution in [0.4, 0.5) is 14.5 Å². The zero-order valence-electron chi connectivity index (χ0n) is 28.1. The second kappa shape index (κ2) is 15.1. The highest BCUT2D eigenvalue weighted by atomic mass is 35.5. The van der Waals surface area contributed by atoms with Crippen molar-refractivity contribution in [2.24, 2.45) is 13.0 Å². The molecule has 0 radical (unpaired) electrons. The van der Waals surface area contributed by atoms with Crippen LogP contribution in [0.2, 0.25) is 5.02 Å². The van der Waals surface area contributed by atoms with Crippen molar-refractivity contribution in [1.82, 2.24) is 34.4 Å². The van der Waals surface area contributed by atoms with Crippen LogP contribution in [0.25, 0.3) is 22.4 Å². The molecule has 6 rings (SSSR count). The number of halogens is 3. The van der Waals surface area contributed by atoms with Crippen LogP contribution in [0.5, 0.6) is 0 Å². The summed E-state index contributed by atoms with van der Waals surface area (Å²) < 4.78 is 39.0. The van der Waals surface area contributed by atoms with Crippen LogP contribution < -0.4 is 10.6 Å². The second-order valence-electron chi connectivity index (χ2n) is 12.6. The van der Waals surface area contributed by atoms with Gasteiger partial charge in [-0.3, -0.25) is 19.1 Å². The van der Waals surface area contributed by atoms with Gasteiger partial charge in [-0.1, -0.05) is 17.7 Å². The number of nitrogens with zero attached hydrogens (tertiary/aromatic N) is 6. The van der Waals surface area contributed by atoms with E-state index in [2.05, 4.69) is 20.7 Å². The second-order valence-corrected chi connectivity index (χ2v) is 13.0. The first-order chi connectivity index (χ1) is 24.1. The van der Waals surface area contributed by atoms with Crippen molar-refractivity contribution in [2.75, 3.05) is 58.3 Å². The van der Waals surface area contributed by atoms with E-state index >= 15 is 8.78 Å². The van der Waals surface area contributed by atoms with Gasteiger partial charge < -0.3 is 29.7 Å². The summed E-state index contributed by atoms with van der Waals surface area (Å²) in [4.78, 5) is 46.9. The predicted molar refractivity (Wildman–Crippen MR) is 184 cm³/mol. The summed E-state index contributed by atoms with van der Waals surface area (Å²) >= 11 is 6.51. The van der Waals surface area contributed by atoms with Crippen LogP contribution in [0.3, 0.4) is 0 Å². The van der Waals surface area contributed by atoms with Crippen molar-refractivity contribution in [1.29, 1.82) is 0 Å². The molecule has 3 amide bonds. The van der Waals surface area contributed by atoms with Gasteiger partial charge in [-0.25, -0.2) is 13.8 Å². The highest BCUT2D eigenvalue weighted by molar-refractivity contribution is 6.34. The maximum absolute atomic E-state index is 15.5. The lowest BCUT2D eigenvalue weighted by Crippen LogP contribution is -2.51. The van der Waals surface area contributed by atoms with Crippen LogP contribution >= 0.6 is 11.6 Å². The van der Waals surface area contributed by atoms with E-state index in [9.17, 15) is 14.4 Å². The highest BCUT2D eigenvalue weighted by Crippen LogP contribution is 2.33. The fourth-order valence-electron chi connectivity index (χ4n) is 6.49. The number of benzene rings is 2. The van der Waals surface area contributed by atoms with E-state index in [1.54, 1.807) is 29.7 Å². The Hall–Kier alpha value is -4.66. The third kappa shape index (κ3) is 7.14. The first-order valence-corrected chi connectivity index (χ1v) is 16.9. The molecule has 2 aliphatic rings. The lowest BCUT2D eigenvalue weighted by Gasteiger charge is -2.35. The summed E-state index contributed by atoms with van der Waals surface area (Å²) in [5.74, 6) is -2.56. The molecule has 2 saturated heterocycles. The molecule has 0 spiro atoms. The van der Waals surface area contributed by atoms with E-state index in [0.29, 0.717) is 68.6 Å². The predicted octanol–water partition coefficient (Wildman–Crippen LogP) is 4.37. The highest BCUT2D eigenvalue weighted by Gasteiger charge is 2.28. The van der Waals surface area contributed by atoms with Gasteiger partial charge in [0.25, 0.3) is 11.8 Å². The molecular weight excluding hydrogens is 670 g/mol. The molecule has 1 atom stereocenters. The van der Waals surface area contributed by atoms with Gasteiger partial charge in [-0.15, -0.1) is 0 Å². The summed E-state index contributed by atoms with van der Waals surface area (Å²) in [6.45, 7) is 6.20. The third-order valence-corrected chi connectivity index (χ3v) is 9.77. The summed E-state index contributed by atoms with van der Waals surface area (Å²) in [5, 5.41) is 10.4. The number of aromatic nitrogens is 4. The number of nitrogens with one attached hydrogen (secondary N) is 2. The lowest BCUT2D eigenvalue weighted by molar-refractivity contribution is -0.133. The molecule has 0 bridgehead atoms. The molecule has 2 aromatic carbocycles. The minimum Gasteiger partial charge on any atom is -0.383 e. The quantitative estimate of drug-likeness (QED) is 0.251. The fourth-order valence-corrected chi connectivity index (χ4v) is 6.75. The zero-order chi connectivity index (χ0) is 35.5. The molecule has 2 aromatic heterocycles. The van der Waals surface area contributed by atoms with E-state index in [1.165, 1.54) is 48.3 Å². The molecule has 4 heterocycles. The van der Waals surface area contributed by atoms with Gasteiger partial charge in [0.15, 0.2) is 17.5 Å². The van der Waals surface area contributed by atoms with Gasteiger partial charge in [0.05, 0.1) is 41.8 Å².